The average molecular weight is 382 g/mol. The van der Waals surface area contributed by atoms with Crippen molar-refractivity contribution in [2.24, 2.45) is 0 Å². The highest BCUT2D eigenvalue weighted by Crippen LogP contribution is 2.27. The standard InChI is InChI=1S/C21H20F2N2OSi/c1-27(2,3)13-15(19-16(22)9-5-10-17(19)23)21(26)25-18-11-4-7-14-8-6-12-24-20(14)18/h4-13H,1-3H3,(H,25,26)/b15-13-. The highest BCUT2D eigenvalue weighted by atomic mass is 28.3. The predicted molar refractivity (Wildman–Crippen MR) is 108 cm³/mol. The second kappa shape index (κ2) is 7.40. The maximum absolute atomic E-state index is 14.4. The van der Waals surface area contributed by atoms with Gasteiger partial charge in [-0.15, -0.1) is 0 Å². The summed E-state index contributed by atoms with van der Waals surface area (Å²) in [5.74, 6) is -2.07. The molecular formula is C21H20F2N2OSi. The number of rotatable bonds is 4. The summed E-state index contributed by atoms with van der Waals surface area (Å²) in [5.41, 5.74) is 2.54. The number of anilines is 1. The van der Waals surface area contributed by atoms with Crippen LogP contribution in [-0.4, -0.2) is 19.0 Å². The van der Waals surface area contributed by atoms with E-state index in [0.29, 0.717) is 11.2 Å². The first-order chi connectivity index (χ1) is 12.8. The second-order valence-electron chi connectivity index (χ2n) is 7.36. The first kappa shape index (κ1) is 18.9. The first-order valence-corrected chi connectivity index (χ1v) is 12.2. The van der Waals surface area contributed by atoms with Crippen LogP contribution in [0.2, 0.25) is 19.6 Å². The number of amides is 1. The van der Waals surface area contributed by atoms with Gasteiger partial charge in [0, 0.05) is 17.2 Å². The molecule has 0 spiro atoms. The van der Waals surface area contributed by atoms with Crippen LogP contribution in [0.3, 0.4) is 0 Å². The number of benzene rings is 2. The van der Waals surface area contributed by atoms with E-state index in [-0.39, 0.29) is 11.1 Å². The number of carbonyl (C=O) groups excluding carboxylic acids is 1. The van der Waals surface area contributed by atoms with Crippen molar-refractivity contribution in [2.45, 2.75) is 19.6 Å². The summed E-state index contributed by atoms with van der Waals surface area (Å²) in [6, 6.07) is 12.7. The molecule has 0 saturated heterocycles. The van der Waals surface area contributed by atoms with Gasteiger partial charge in [0.1, 0.15) is 11.6 Å². The predicted octanol–water partition coefficient (Wildman–Crippen LogP) is 5.41. The molecule has 3 rings (SSSR count). The van der Waals surface area contributed by atoms with Crippen LogP contribution in [0.25, 0.3) is 16.5 Å². The Hall–Kier alpha value is -2.86. The lowest BCUT2D eigenvalue weighted by molar-refractivity contribution is -0.111. The number of hydrogen-bond donors (Lipinski definition) is 1. The van der Waals surface area contributed by atoms with E-state index in [4.69, 9.17) is 0 Å². The van der Waals surface area contributed by atoms with Crippen molar-refractivity contribution in [1.82, 2.24) is 4.98 Å². The molecule has 0 radical (unpaired) electrons. The van der Waals surface area contributed by atoms with Crippen molar-refractivity contribution in [3.63, 3.8) is 0 Å². The lowest BCUT2D eigenvalue weighted by atomic mass is 10.0. The summed E-state index contributed by atoms with van der Waals surface area (Å²) in [5, 5.41) is 3.64. The summed E-state index contributed by atoms with van der Waals surface area (Å²) in [7, 11) is -1.95. The van der Waals surface area contributed by atoms with Gasteiger partial charge < -0.3 is 5.32 Å². The van der Waals surface area contributed by atoms with Gasteiger partial charge in [0.15, 0.2) is 0 Å². The molecule has 1 heterocycles. The van der Waals surface area contributed by atoms with Crippen LogP contribution in [0.5, 0.6) is 0 Å². The fraction of sp³-hybridized carbons (Fsp3) is 0.143. The third-order valence-corrected chi connectivity index (χ3v) is 5.09. The van der Waals surface area contributed by atoms with E-state index in [0.717, 1.165) is 17.5 Å². The molecule has 2 aromatic carbocycles. The zero-order chi connectivity index (χ0) is 19.6. The Morgan fingerprint density at radius 1 is 1.00 bits per heavy atom. The number of para-hydroxylation sites is 1. The number of nitrogens with one attached hydrogen (secondary N) is 1. The number of carbonyl (C=O) groups is 1. The Labute approximate surface area is 157 Å². The van der Waals surface area contributed by atoms with Crippen LogP contribution in [0.15, 0.2) is 60.4 Å². The van der Waals surface area contributed by atoms with Gasteiger partial charge in [-0.25, -0.2) is 8.78 Å². The van der Waals surface area contributed by atoms with Crippen LogP contribution in [0, 0.1) is 11.6 Å². The van der Waals surface area contributed by atoms with Crippen LogP contribution < -0.4 is 5.32 Å². The Balaban J connectivity index is 2.08. The summed E-state index contributed by atoms with van der Waals surface area (Å²) >= 11 is 0. The van der Waals surface area contributed by atoms with Crippen LogP contribution in [0.1, 0.15) is 5.56 Å². The zero-order valence-corrected chi connectivity index (χ0v) is 16.4. The molecule has 3 nitrogen and oxygen atoms in total. The molecule has 0 aliphatic heterocycles. The smallest absolute Gasteiger partial charge is 0.255 e. The van der Waals surface area contributed by atoms with Crippen molar-refractivity contribution in [2.75, 3.05) is 5.32 Å². The Kier molecular flexibility index (Phi) is 5.19. The van der Waals surface area contributed by atoms with Gasteiger partial charge in [-0.1, -0.05) is 49.6 Å². The number of pyridine rings is 1. The van der Waals surface area contributed by atoms with Crippen LogP contribution >= 0.6 is 0 Å². The molecule has 0 saturated carbocycles. The zero-order valence-electron chi connectivity index (χ0n) is 15.4. The molecule has 0 bridgehead atoms. The highest BCUT2D eigenvalue weighted by Gasteiger charge is 2.24. The van der Waals surface area contributed by atoms with Crippen LogP contribution in [-0.2, 0) is 4.79 Å². The third-order valence-electron chi connectivity index (χ3n) is 3.93. The Morgan fingerprint density at radius 2 is 1.63 bits per heavy atom. The highest BCUT2D eigenvalue weighted by molar-refractivity contribution is 6.82. The molecule has 1 N–H and O–H groups in total. The molecule has 1 aromatic heterocycles. The maximum Gasteiger partial charge on any atom is 0.255 e. The van der Waals surface area contributed by atoms with E-state index in [1.165, 1.54) is 6.07 Å². The summed E-state index contributed by atoms with van der Waals surface area (Å²) in [4.78, 5) is 17.3. The van der Waals surface area contributed by atoms with E-state index in [2.05, 4.69) is 10.3 Å². The lowest BCUT2D eigenvalue weighted by Gasteiger charge is -2.17. The van der Waals surface area contributed by atoms with Crippen molar-refractivity contribution in [3.8, 4) is 0 Å². The van der Waals surface area contributed by atoms with Gasteiger partial charge >= 0.3 is 0 Å². The molecule has 6 heteroatoms. The van der Waals surface area contributed by atoms with Gasteiger partial charge in [0.25, 0.3) is 5.91 Å². The Bertz CT molecular complexity index is 1020. The van der Waals surface area contributed by atoms with E-state index >= 15 is 0 Å². The fourth-order valence-corrected chi connectivity index (χ4v) is 3.98. The molecule has 27 heavy (non-hydrogen) atoms. The summed E-state index contributed by atoms with van der Waals surface area (Å²) in [6.07, 6.45) is 1.63. The molecule has 1 amide bonds. The minimum Gasteiger partial charge on any atom is -0.320 e. The van der Waals surface area contributed by atoms with Gasteiger partial charge in [-0.05, 0) is 24.3 Å². The van der Waals surface area contributed by atoms with Crippen molar-refractivity contribution < 1.29 is 13.6 Å². The third kappa shape index (κ3) is 4.28. The minimum atomic E-state index is -1.95. The van der Waals surface area contributed by atoms with Gasteiger partial charge in [-0.3, -0.25) is 9.78 Å². The molecule has 0 atom stereocenters. The molecule has 0 fully saturated rings. The van der Waals surface area contributed by atoms with Crippen LogP contribution in [0.4, 0.5) is 14.5 Å². The first-order valence-electron chi connectivity index (χ1n) is 8.58. The fourth-order valence-electron chi connectivity index (χ4n) is 2.83. The van der Waals surface area contributed by atoms with Crippen molar-refractivity contribution >= 4 is 36.1 Å². The van der Waals surface area contributed by atoms with E-state index < -0.39 is 25.6 Å². The summed E-state index contributed by atoms with van der Waals surface area (Å²) in [6.45, 7) is 6.00. The SMILES string of the molecule is C[Si](C)(C)/C=C(\C(=O)Nc1cccc2cccnc12)c1c(F)cccc1F. The number of fused-ring (bicyclic) bond motifs is 1. The number of nitrogens with zero attached hydrogens (tertiary/aromatic N) is 1. The molecule has 3 aromatic rings. The van der Waals surface area contributed by atoms with Gasteiger partial charge in [-0.2, -0.15) is 0 Å². The molecule has 0 aliphatic carbocycles. The maximum atomic E-state index is 14.4. The topological polar surface area (TPSA) is 42.0 Å². The molecule has 0 unspecified atom stereocenters. The average Bonchev–Trinajstić information content (AvgIpc) is 2.60. The van der Waals surface area contributed by atoms with E-state index in [1.807, 2.05) is 31.8 Å². The monoisotopic (exact) mass is 382 g/mol. The quantitative estimate of drug-likeness (QED) is 0.484. The number of halogens is 2. The van der Waals surface area contributed by atoms with E-state index in [9.17, 15) is 13.6 Å². The normalized spacial score (nSPS) is 12.3. The van der Waals surface area contributed by atoms with Gasteiger partial charge in [0.2, 0.25) is 0 Å². The molecule has 138 valence electrons. The molecular weight excluding hydrogens is 362 g/mol. The number of hydrogen-bond acceptors (Lipinski definition) is 2. The summed E-state index contributed by atoms with van der Waals surface area (Å²) < 4.78 is 28.7. The largest absolute Gasteiger partial charge is 0.320 e. The Morgan fingerprint density at radius 3 is 2.30 bits per heavy atom. The van der Waals surface area contributed by atoms with Crippen molar-refractivity contribution in [1.29, 1.82) is 0 Å². The number of aromatic nitrogens is 1. The lowest BCUT2D eigenvalue weighted by Crippen LogP contribution is -2.22. The van der Waals surface area contributed by atoms with Crippen molar-refractivity contribution in [3.05, 3.63) is 77.6 Å². The van der Waals surface area contributed by atoms with Gasteiger partial charge in [0.05, 0.1) is 24.8 Å². The van der Waals surface area contributed by atoms with E-state index in [1.54, 1.807) is 30.1 Å². The second-order valence-corrected chi connectivity index (χ2v) is 12.4. The molecule has 0 aliphatic rings. The minimum absolute atomic E-state index is 0.0118.